The van der Waals surface area contributed by atoms with Gasteiger partial charge >= 0.3 is 0 Å². The van der Waals surface area contributed by atoms with Crippen LogP contribution in [0.4, 0.5) is 5.95 Å². The summed E-state index contributed by atoms with van der Waals surface area (Å²) in [7, 11) is 0. The van der Waals surface area contributed by atoms with E-state index >= 15 is 0 Å². The van der Waals surface area contributed by atoms with E-state index in [9.17, 15) is 4.79 Å². The first-order valence-electron chi connectivity index (χ1n) is 12.6. The van der Waals surface area contributed by atoms with E-state index in [-0.39, 0.29) is 18.5 Å². The molecule has 5 nitrogen and oxygen atoms in total. The van der Waals surface area contributed by atoms with Crippen LogP contribution in [-0.4, -0.2) is 21.5 Å². The summed E-state index contributed by atoms with van der Waals surface area (Å²) in [4.78, 5) is 18.1. The topological polar surface area (TPSA) is 59.0 Å². The van der Waals surface area contributed by atoms with Crippen molar-refractivity contribution >= 4 is 22.9 Å². The number of carbonyl (C=O) groups excluding carboxylic acids is 1. The normalized spacial score (nSPS) is 28.7. The van der Waals surface area contributed by atoms with Gasteiger partial charge in [-0.3, -0.25) is 4.79 Å². The highest BCUT2D eigenvalue weighted by Crippen LogP contribution is 2.61. The summed E-state index contributed by atoms with van der Waals surface area (Å²) >= 11 is 0. The van der Waals surface area contributed by atoms with Crippen molar-refractivity contribution in [2.75, 3.05) is 5.32 Å². The van der Waals surface area contributed by atoms with Crippen LogP contribution in [0.3, 0.4) is 0 Å². The molecular weight excluding hydrogens is 408 g/mol. The Morgan fingerprint density at radius 1 is 1.00 bits per heavy atom. The zero-order valence-electron chi connectivity index (χ0n) is 19.5. The average Bonchev–Trinajstić information content (AvgIpc) is 3.14. The molecular formula is C28H34N4O. The SMILES string of the molecule is C[C@H](NC(=O)Cn1c(NCc2ccccc2)nc2ccccc21)C12CC3CC(CC(C3)C1)C2. The maximum Gasteiger partial charge on any atom is 0.240 e. The molecule has 2 aromatic carbocycles. The van der Waals surface area contributed by atoms with E-state index in [1.807, 2.05) is 47.0 Å². The fourth-order valence-corrected chi connectivity index (χ4v) is 7.44. The largest absolute Gasteiger partial charge is 0.352 e. The van der Waals surface area contributed by atoms with Crippen molar-refractivity contribution in [2.24, 2.45) is 23.2 Å². The van der Waals surface area contributed by atoms with Crippen LogP contribution in [0.1, 0.15) is 51.0 Å². The summed E-state index contributed by atoms with van der Waals surface area (Å²) in [5.74, 6) is 3.51. The first kappa shape index (κ1) is 20.8. The van der Waals surface area contributed by atoms with E-state index in [0.717, 1.165) is 34.7 Å². The lowest BCUT2D eigenvalue weighted by molar-refractivity contribution is -0.126. The Morgan fingerprint density at radius 2 is 1.64 bits per heavy atom. The minimum atomic E-state index is 0.0872. The van der Waals surface area contributed by atoms with Crippen molar-refractivity contribution in [3.63, 3.8) is 0 Å². The molecule has 0 unspecified atom stereocenters. The van der Waals surface area contributed by atoms with Crippen molar-refractivity contribution < 1.29 is 4.79 Å². The minimum Gasteiger partial charge on any atom is -0.352 e. The summed E-state index contributed by atoms with van der Waals surface area (Å²) in [6.07, 6.45) is 8.20. The van der Waals surface area contributed by atoms with Crippen LogP contribution in [0.25, 0.3) is 11.0 Å². The summed E-state index contributed by atoms with van der Waals surface area (Å²) < 4.78 is 2.03. The third-order valence-electron chi connectivity index (χ3n) is 8.63. The Balaban J connectivity index is 1.19. The van der Waals surface area contributed by atoms with Crippen molar-refractivity contribution in [1.29, 1.82) is 0 Å². The van der Waals surface area contributed by atoms with Gasteiger partial charge in [0.15, 0.2) is 0 Å². The number of carbonyl (C=O) groups is 1. The number of hydrogen-bond donors (Lipinski definition) is 2. The zero-order chi connectivity index (χ0) is 22.4. The molecule has 4 fully saturated rings. The Morgan fingerprint density at radius 3 is 2.33 bits per heavy atom. The van der Waals surface area contributed by atoms with Crippen LogP contribution in [0, 0.1) is 23.2 Å². The highest BCUT2D eigenvalue weighted by atomic mass is 16.2. The molecule has 0 radical (unpaired) electrons. The maximum atomic E-state index is 13.3. The van der Waals surface area contributed by atoms with Crippen LogP contribution in [0.15, 0.2) is 54.6 Å². The summed E-state index contributed by atoms with van der Waals surface area (Å²) in [6.45, 7) is 3.22. The number of nitrogens with one attached hydrogen (secondary N) is 2. The molecule has 0 spiro atoms. The quantitative estimate of drug-likeness (QED) is 0.517. The number of nitrogens with zero attached hydrogens (tertiary/aromatic N) is 2. The second-order valence-corrected chi connectivity index (χ2v) is 10.9. The second-order valence-electron chi connectivity index (χ2n) is 10.9. The molecule has 1 amide bonds. The Hall–Kier alpha value is -2.82. The maximum absolute atomic E-state index is 13.3. The fourth-order valence-electron chi connectivity index (χ4n) is 7.44. The molecule has 4 saturated carbocycles. The summed E-state index contributed by atoms with van der Waals surface area (Å²) in [5.41, 5.74) is 3.41. The van der Waals surface area contributed by atoms with Gasteiger partial charge in [0.25, 0.3) is 0 Å². The van der Waals surface area contributed by atoms with E-state index in [1.54, 1.807) is 0 Å². The molecule has 5 heteroatoms. The average molecular weight is 443 g/mol. The number of rotatable bonds is 7. The van der Waals surface area contributed by atoms with Crippen LogP contribution in [-0.2, 0) is 17.9 Å². The van der Waals surface area contributed by atoms with E-state index in [2.05, 4.69) is 29.7 Å². The predicted molar refractivity (Wildman–Crippen MR) is 132 cm³/mol. The van der Waals surface area contributed by atoms with Crippen molar-refractivity contribution in [3.8, 4) is 0 Å². The Kier molecular flexibility index (Phi) is 5.16. The van der Waals surface area contributed by atoms with Gasteiger partial charge in [0.1, 0.15) is 6.54 Å². The van der Waals surface area contributed by atoms with Crippen molar-refractivity contribution in [3.05, 3.63) is 60.2 Å². The lowest BCUT2D eigenvalue weighted by Gasteiger charge is -2.59. The van der Waals surface area contributed by atoms with E-state index in [4.69, 9.17) is 4.98 Å². The van der Waals surface area contributed by atoms with Crippen LogP contribution < -0.4 is 10.6 Å². The highest BCUT2D eigenvalue weighted by molar-refractivity contribution is 5.83. The molecule has 1 heterocycles. The molecule has 172 valence electrons. The predicted octanol–water partition coefficient (Wildman–Crippen LogP) is 5.37. The van der Waals surface area contributed by atoms with Crippen LogP contribution in [0.5, 0.6) is 0 Å². The number of imidazole rings is 1. The van der Waals surface area contributed by atoms with E-state index < -0.39 is 0 Å². The van der Waals surface area contributed by atoms with E-state index in [0.29, 0.717) is 12.0 Å². The first-order valence-corrected chi connectivity index (χ1v) is 12.6. The molecule has 1 aromatic heterocycles. The monoisotopic (exact) mass is 442 g/mol. The lowest BCUT2D eigenvalue weighted by atomic mass is 9.48. The van der Waals surface area contributed by atoms with Gasteiger partial charge in [-0.15, -0.1) is 0 Å². The number of benzene rings is 2. The van der Waals surface area contributed by atoms with Crippen molar-refractivity contribution in [2.45, 2.75) is 64.6 Å². The van der Waals surface area contributed by atoms with Gasteiger partial charge in [-0.05, 0) is 86.3 Å². The second kappa shape index (κ2) is 8.19. The molecule has 33 heavy (non-hydrogen) atoms. The highest BCUT2D eigenvalue weighted by Gasteiger charge is 2.53. The summed E-state index contributed by atoms with van der Waals surface area (Å²) in [6, 6.07) is 18.6. The molecule has 7 rings (SSSR count). The Labute approximate surface area is 196 Å². The lowest BCUT2D eigenvalue weighted by Crippen LogP contribution is -2.56. The molecule has 0 aliphatic heterocycles. The summed E-state index contributed by atoms with van der Waals surface area (Å²) in [5, 5.41) is 6.88. The van der Waals surface area contributed by atoms with Crippen LogP contribution in [0.2, 0.25) is 0 Å². The van der Waals surface area contributed by atoms with Gasteiger partial charge in [-0.1, -0.05) is 42.5 Å². The number of para-hydroxylation sites is 2. The number of fused-ring (bicyclic) bond motifs is 1. The van der Waals surface area contributed by atoms with Gasteiger partial charge in [0.05, 0.1) is 11.0 Å². The zero-order valence-corrected chi connectivity index (χ0v) is 19.5. The first-order chi connectivity index (χ1) is 16.1. The minimum absolute atomic E-state index is 0.0872. The molecule has 2 N–H and O–H groups in total. The smallest absolute Gasteiger partial charge is 0.240 e. The third kappa shape index (κ3) is 3.92. The number of hydrogen-bond acceptors (Lipinski definition) is 3. The fraction of sp³-hybridized carbons (Fsp3) is 0.500. The van der Waals surface area contributed by atoms with Gasteiger partial charge in [0, 0.05) is 12.6 Å². The molecule has 4 aliphatic rings. The standard InChI is InChI=1S/C28H34N4O/c1-19(28-14-21-11-22(15-28)13-23(12-21)16-28)30-26(33)18-32-25-10-6-5-9-24(25)31-27(32)29-17-20-7-3-2-4-8-20/h2-10,19,21-23H,11-18H2,1H3,(H,29,31)(H,30,33)/t19-,21?,22?,23?,28?/m0/s1. The molecule has 4 aliphatic carbocycles. The van der Waals surface area contributed by atoms with Gasteiger partial charge in [0.2, 0.25) is 11.9 Å². The molecule has 4 bridgehead atoms. The van der Waals surface area contributed by atoms with Gasteiger partial charge in [-0.25, -0.2) is 4.98 Å². The van der Waals surface area contributed by atoms with E-state index in [1.165, 1.54) is 44.1 Å². The molecule has 1 atom stereocenters. The van der Waals surface area contributed by atoms with Crippen molar-refractivity contribution in [1.82, 2.24) is 14.9 Å². The molecule has 0 saturated heterocycles. The number of anilines is 1. The Bertz CT molecular complexity index is 1120. The third-order valence-corrected chi connectivity index (χ3v) is 8.63. The van der Waals surface area contributed by atoms with Crippen LogP contribution >= 0.6 is 0 Å². The number of amides is 1. The molecule has 3 aromatic rings. The number of aromatic nitrogens is 2. The van der Waals surface area contributed by atoms with Gasteiger partial charge in [-0.2, -0.15) is 0 Å². The van der Waals surface area contributed by atoms with Gasteiger partial charge < -0.3 is 15.2 Å².